The van der Waals surface area contributed by atoms with Gasteiger partial charge in [-0.1, -0.05) is 31.9 Å². The molecule has 0 radical (unpaired) electrons. The van der Waals surface area contributed by atoms with Gasteiger partial charge < -0.3 is 9.64 Å². The van der Waals surface area contributed by atoms with E-state index >= 15 is 0 Å². The van der Waals surface area contributed by atoms with E-state index in [1.54, 1.807) is 31.2 Å². The second-order valence-electron chi connectivity index (χ2n) is 3.61. The molecule has 0 N–H and O–H groups in total. The summed E-state index contributed by atoms with van der Waals surface area (Å²) in [6.07, 6.45) is 0.932. The highest BCUT2D eigenvalue weighted by Gasteiger charge is 2.16. The fraction of sp³-hybridized carbons (Fsp3) is 0.417. The number of rotatable bonds is 5. The van der Waals surface area contributed by atoms with E-state index < -0.39 is 0 Å². The molecule has 1 aromatic carbocycles. The molecular weight excluding hydrogens is 350 g/mol. The van der Waals surface area contributed by atoms with Gasteiger partial charge in [-0.2, -0.15) is 0 Å². The first-order chi connectivity index (χ1) is 8.10. The first kappa shape index (κ1) is 14.5. The number of nitrogens with zero attached hydrogens (tertiary/aromatic N) is 1. The van der Waals surface area contributed by atoms with E-state index in [1.807, 2.05) is 6.07 Å². The average molecular weight is 365 g/mol. The number of alkyl halides is 1. The van der Waals surface area contributed by atoms with Crippen molar-refractivity contribution >= 4 is 37.8 Å². The minimum atomic E-state index is -0.0182. The van der Waals surface area contributed by atoms with E-state index in [-0.39, 0.29) is 5.91 Å². The lowest BCUT2D eigenvalue weighted by molar-refractivity contribution is 0.0792. The molecule has 0 heterocycles. The number of halogens is 2. The first-order valence-electron chi connectivity index (χ1n) is 5.25. The first-order valence-corrected chi connectivity index (χ1v) is 7.16. The zero-order valence-corrected chi connectivity index (χ0v) is 13.0. The molecule has 1 rings (SSSR count). The maximum absolute atomic E-state index is 12.2. The average Bonchev–Trinajstić information content (AvgIpc) is 2.34. The molecule has 0 aliphatic rings. The molecule has 0 saturated carbocycles. The van der Waals surface area contributed by atoms with Crippen LogP contribution in [0.2, 0.25) is 0 Å². The van der Waals surface area contributed by atoms with Gasteiger partial charge in [-0.3, -0.25) is 4.79 Å². The SMILES string of the molecule is COc1cc(Br)ccc1C(=O)N(C)CCCBr. The number of amides is 1. The molecule has 1 amide bonds. The minimum Gasteiger partial charge on any atom is -0.496 e. The molecule has 5 heteroatoms. The van der Waals surface area contributed by atoms with Gasteiger partial charge in [0.2, 0.25) is 0 Å². The minimum absolute atomic E-state index is 0.0182. The Morgan fingerprint density at radius 1 is 1.47 bits per heavy atom. The lowest BCUT2D eigenvalue weighted by Crippen LogP contribution is -2.28. The molecule has 0 fully saturated rings. The summed E-state index contributed by atoms with van der Waals surface area (Å²) in [7, 11) is 3.36. The second-order valence-corrected chi connectivity index (χ2v) is 5.32. The van der Waals surface area contributed by atoms with Crippen LogP contribution in [0.4, 0.5) is 0 Å². The van der Waals surface area contributed by atoms with Crippen LogP contribution < -0.4 is 4.74 Å². The molecule has 0 aliphatic heterocycles. The zero-order valence-electron chi connectivity index (χ0n) is 9.87. The van der Waals surface area contributed by atoms with Crippen molar-refractivity contribution in [3.63, 3.8) is 0 Å². The Morgan fingerprint density at radius 2 is 2.18 bits per heavy atom. The van der Waals surface area contributed by atoms with Crippen LogP contribution in [0.3, 0.4) is 0 Å². The maximum atomic E-state index is 12.2. The summed E-state index contributed by atoms with van der Waals surface area (Å²) in [4.78, 5) is 13.9. The normalized spacial score (nSPS) is 10.1. The fourth-order valence-electron chi connectivity index (χ4n) is 1.45. The Bertz CT molecular complexity index is 396. The Kier molecular flexibility index (Phi) is 5.98. The lowest BCUT2D eigenvalue weighted by atomic mass is 10.1. The van der Waals surface area contributed by atoms with Crippen LogP contribution in [0.1, 0.15) is 16.8 Å². The van der Waals surface area contributed by atoms with Crippen LogP contribution in [-0.4, -0.2) is 36.8 Å². The van der Waals surface area contributed by atoms with E-state index in [2.05, 4.69) is 31.9 Å². The number of carbonyl (C=O) groups excluding carboxylic acids is 1. The molecule has 3 nitrogen and oxygen atoms in total. The monoisotopic (exact) mass is 363 g/mol. The van der Waals surface area contributed by atoms with Crippen molar-refractivity contribution in [2.45, 2.75) is 6.42 Å². The topological polar surface area (TPSA) is 29.5 Å². The van der Waals surface area contributed by atoms with Gasteiger partial charge in [0.15, 0.2) is 0 Å². The summed E-state index contributed by atoms with van der Waals surface area (Å²) in [5.74, 6) is 0.574. The molecular formula is C12H15Br2NO2. The quantitative estimate of drug-likeness (QED) is 0.750. The third-order valence-electron chi connectivity index (χ3n) is 2.37. The second kappa shape index (κ2) is 7.01. The van der Waals surface area contributed by atoms with Crippen LogP contribution in [0.5, 0.6) is 5.75 Å². The van der Waals surface area contributed by atoms with Crippen LogP contribution in [0, 0.1) is 0 Å². The van der Waals surface area contributed by atoms with Crippen LogP contribution in [0.25, 0.3) is 0 Å². The third kappa shape index (κ3) is 4.00. The van der Waals surface area contributed by atoms with Gasteiger partial charge in [-0.25, -0.2) is 0 Å². The predicted molar refractivity (Wildman–Crippen MR) is 76.1 cm³/mol. The highest BCUT2D eigenvalue weighted by atomic mass is 79.9. The summed E-state index contributed by atoms with van der Waals surface area (Å²) in [5, 5.41) is 0.891. The molecule has 0 unspecified atom stereocenters. The largest absolute Gasteiger partial charge is 0.496 e. The molecule has 0 bridgehead atoms. The molecule has 0 aliphatic carbocycles. The van der Waals surface area contributed by atoms with Gasteiger partial charge in [0.05, 0.1) is 12.7 Å². The van der Waals surface area contributed by atoms with Gasteiger partial charge in [-0.05, 0) is 24.6 Å². The van der Waals surface area contributed by atoms with Crippen molar-refractivity contribution in [1.29, 1.82) is 0 Å². The van der Waals surface area contributed by atoms with Crippen molar-refractivity contribution in [3.05, 3.63) is 28.2 Å². The van der Waals surface area contributed by atoms with E-state index in [1.165, 1.54) is 0 Å². The molecule has 1 aromatic rings. The Morgan fingerprint density at radius 3 is 2.76 bits per heavy atom. The number of carbonyl (C=O) groups is 1. The molecule has 0 saturated heterocycles. The number of ether oxygens (including phenoxy) is 1. The standard InChI is InChI=1S/C12H15Br2NO2/c1-15(7-3-6-13)12(16)10-5-4-9(14)8-11(10)17-2/h4-5,8H,3,6-7H2,1-2H3. The maximum Gasteiger partial charge on any atom is 0.257 e. The summed E-state index contributed by atoms with van der Waals surface area (Å²) in [6, 6.07) is 5.41. The Hall–Kier alpha value is -0.550. The van der Waals surface area contributed by atoms with Gasteiger partial charge in [-0.15, -0.1) is 0 Å². The van der Waals surface area contributed by atoms with Crippen LogP contribution >= 0.6 is 31.9 Å². The van der Waals surface area contributed by atoms with Crippen LogP contribution in [0.15, 0.2) is 22.7 Å². The van der Waals surface area contributed by atoms with Gasteiger partial charge in [0.25, 0.3) is 5.91 Å². The predicted octanol–water partition coefficient (Wildman–Crippen LogP) is 3.31. The van der Waals surface area contributed by atoms with Crippen LogP contribution in [-0.2, 0) is 0 Å². The smallest absolute Gasteiger partial charge is 0.257 e. The van der Waals surface area contributed by atoms with Crippen molar-refractivity contribution in [2.75, 3.05) is 26.0 Å². The number of hydrogen-bond acceptors (Lipinski definition) is 2. The van der Waals surface area contributed by atoms with E-state index in [9.17, 15) is 4.79 Å². The number of hydrogen-bond donors (Lipinski definition) is 0. The van der Waals surface area contributed by atoms with Crippen molar-refractivity contribution in [1.82, 2.24) is 4.90 Å². The lowest BCUT2D eigenvalue weighted by Gasteiger charge is -2.18. The van der Waals surface area contributed by atoms with Crippen molar-refractivity contribution < 1.29 is 9.53 Å². The van der Waals surface area contributed by atoms with E-state index in [4.69, 9.17) is 4.74 Å². The Labute approximate surface area is 118 Å². The summed E-state index contributed by atoms with van der Waals surface area (Å²) in [5.41, 5.74) is 0.591. The molecule has 0 atom stereocenters. The Balaban J connectivity index is 2.87. The fourth-order valence-corrected chi connectivity index (χ4v) is 2.04. The molecule has 17 heavy (non-hydrogen) atoms. The molecule has 94 valence electrons. The van der Waals surface area contributed by atoms with Gasteiger partial charge in [0.1, 0.15) is 5.75 Å². The van der Waals surface area contributed by atoms with Crippen molar-refractivity contribution in [2.24, 2.45) is 0 Å². The summed E-state index contributed by atoms with van der Waals surface area (Å²) in [6.45, 7) is 0.725. The van der Waals surface area contributed by atoms with Gasteiger partial charge in [0, 0.05) is 23.4 Å². The third-order valence-corrected chi connectivity index (χ3v) is 3.42. The highest BCUT2D eigenvalue weighted by Crippen LogP contribution is 2.24. The summed E-state index contributed by atoms with van der Waals surface area (Å²) < 4.78 is 6.11. The molecule has 0 aromatic heterocycles. The number of benzene rings is 1. The zero-order chi connectivity index (χ0) is 12.8. The number of methoxy groups -OCH3 is 1. The summed E-state index contributed by atoms with van der Waals surface area (Å²) >= 11 is 6.71. The van der Waals surface area contributed by atoms with Crippen molar-refractivity contribution in [3.8, 4) is 5.75 Å². The molecule has 0 spiro atoms. The highest BCUT2D eigenvalue weighted by molar-refractivity contribution is 9.10. The van der Waals surface area contributed by atoms with E-state index in [0.717, 1.165) is 22.8 Å². The van der Waals surface area contributed by atoms with E-state index in [0.29, 0.717) is 11.3 Å². The van der Waals surface area contributed by atoms with Gasteiger partial charge >= 0.3 is 0 Å².